The Hall–Kier alpha value is -3.75. The number of ether oxygens (including phenoxy) is 1. The Morgan fingerprint density at radius 1 is 0.676 bits per heavy atom. The van der Waals surface area contributed by atoms with Gasteiger partial charge in [0.2, 0.25) is 0 Å². The number of rotatable bonds is 4. The molecule has 0 spiro atoms. The average Bonchev–Trinajstić information content (AvgIpc) is 3.38. The zero-order chi connectivity index (χ0) is 23.1. The van der Waals surface area contributed by atoms with Gasteiger partial charge in [-0.05, 0) is 47.2 Å². The first-order valence-corrected chi connectivity index (χ1v) is 12.0. The molecule has 0 saturated heterocycles. The molecule has 0 saturated carbocycles. The highest BCUT2D eigenvalue weighted by Crippen LogP contribution is 2.51. The molecule has 4 aromatic carbocycles. The van der Waals surface area contributed by atoms with E-state index < -0.39 is 5.54 Å². The van der Waals surface area contributed by atoms with E-state index in [4.69, 9.17) is 9.73 Å². The van der Waals surface area contributed by atoms with Crippen molar-refractivity contribution in [3.8, 4) is 11.1 Å². The lowest BCUT2D eigenvalue weighted by Crippen LogP contribution is -2.35. The lowest BCUT2D eigenvalue weighted by molar-refractivity contribution is 0.0468. The van der Waals surface area contributed by atoms with Gasteiger partial charge in [-0.3, -0.25) is 4.99 Å². The molecular formula is C32H27NO. The summed E-state index contributed by atoms with van der Waals surface area (Å²) in [4.78, 5) is 5.47. The van der Waals surface area contributed by atoms with Crippen LogP contribution in [0.15, 0.2) is 120 Å². The van der Waals surface area contributed by atoms with E-state index in [0.29, 0.717) is 6.61 Å². The van der Waals surface area contributed by atoms with Gasteiger partial charge in [0.15, 0.2) is 0 Å². The molecular weight excluding hydrogens is 414 g/mol. The van der Waals surface area contributed by atoms with Crippen LogP contribution in [-0.4, -0.2) is 18.4 Å². The maximum absolute atomic E-state index is 6.61. The Kier molecular flexibility index (Phi) is 5.04. The van der Waals surface area contributed by atoms with Gasteiger partial charge in [-0.15, -0.1) is 0 Å². The number of benzene rings is 4. The first kappa shape index (κ1) is 20.8. The predicted octanol–water partition coefficient (Wildman–Crippen LogP) is 7.29. The average molecular weight is 442 g/mol. The van der Waals surface area contributed by atoms with Crippen molar-refractivity contribution < 1.29 is 4.74 Å². The zero-order valence-corrected chi connectivity index (χ0v) is 19.5. The molecule has 0 bridgehead atoms. The van der Waals surface area contributed by atoms with Crippen molar-refractivity contribution in [2.75, 3.05) is 6.61 Å². The quantitative estimate of drug-likeness (QED) is 0.287. The Balaban J connectivity index is 1.71. The van der Waals surface area contributed by atoms with Gasteiger partial charge >= 0.3 is 0 Å². The van der Waals surface area contributed by atoms with Gasteiger partial charge in [-0.25, -0.2) is 0 Å². The van der Waals surface area contributed by atoms with Crippen molar-refractivity contribution in [2.45, 2.75) is 25.5 Å². The molecule has 1 aliphatic heterocycles. The second-order valence-corrected chi connectivity index (χ2v) is 9.06. The number of fused-ring (bicyclic) bond motifs is 3. The summed E-state index contributed by atoms with van der Waals surface area (Å²) < 4.78 is 6.61. The van der Waals surface area contributed by atoms with Crippen molar-refractivity contribution in [1.29, 1.82) is 0 Å². The highest BCUT2D eigenvalue weighted by atomic mass is 16.5. The van der Waals surface area contributed by atoms with Gasteiger partial charge in [0.05, 0.1) is 5.71 Å². The van der Waals surface area contributed by atoms with Crippen LogP contribution in [0.5, 0.6) is 0 Å². The summed E-state index contributed by atoms with van der Waals surface area (Å²) in [5.41, 5.74) is 10.3. The fourth-order valence-electron chi connectivity index (χ4n) is 5.53. The summed E-state index contributed by atoms with van der Waals surface area (Å²) in [7, 11) is 0. The molecule has 4 aromatic rings. The lowest BCUT2D eigenvalue weighted by Gasteiger charge is -2.31. The Labute approximate surface area is 201 Å². The fourth-order valence-corrected chi connectivity index (χ4v) is 5.53. The van der Waals surface area contributed by atoms with E-state index in [9.17, 15) is 0 Å². The fraction of sp³-hybridized carbons (Fsp3) is 0.156. The molecule has 0 radical (unpaired) electrons. The van der Waals surface area contributed by atoms with E-state index in [-0.39, 0.29) is 6.10 Å². The summed E-state index contributed by atoms with van der Waals surface area (Å²) in [6.45, 7) is 4.90. The van der Waals surface area contributed by atoms with Crippen LogP contribution in [0.4, 0.5) is 0 Å². The topological polar surface area (TPSA) is 21.6 Å². The molecule has 0 N–H and O–H groups in total. The van der Waals surface area contributed by atoms with Gasteiger partial charge in [0, 0.05) is 17.7 Å². The predicted molar refractivity (Wildman–Crippen MR) is 140 cm³/mol. The second-order valence-electron chi connectivity index (χ2n) is 9.06. The molecule has 2 atom stereocenters. The number of aliphatic imine (C=N–C) groups is 1. The van der Waals surface area contributed by atoms with Crippen LogP contribution in [0.25, 0.3) is 16.7 Å². The van der Waals surface area contributed by atoms with Crippen LogP contribution in [-0.2, 0) is 10.3 Å². The normalized spacial score (nSPS) is 20.8. The molecule has 166 valence electrons. The third-order valence-corrected chi connectivity index (χ3v) is 7.06. The number of hydrogen-bond donors (Lipinski definition) is 0. The zero-order valence-electron chi connectivity index (χ0n) is 19.5. The molecule has 0 aromatic heterocycles. The molecule has 0 fully saturated rings. The molecule has 6 rings (SSSR count). The smallest absolute Gasteiger partial charge is 0.114 e. The Morgan fingerprint density at radius 2 is 1.18 bits per heavy atom. The van der Waals surface area contributed by atoms with E-state index in [0.717, 1.165) is 16.8 Å². The minimum Gasteiger partial charge on any atom is -0.371 e. The Bertz CT molecular complexity index is 1370. The van der Waals surface area contributed by atoms with Gasteiger partial charge in [-0.1, -0.05) is 109 Å². The molecule has 2 heteroatoms. The van der Waals surface area contributed by atoms with Gasteiger partial charge < -0.3 is 4.74 Å². The van der Waals surface area contributed by atoms with Gasteiger partial charge in [0.25, 0.3) is 0 Å². The molecule has 0 amide bonds. The van der Waals surface area contributed by atoms with Gasteiger partial charge in [0.1, 0.15) is 11.6 Å². The lowest BCUT2D eigenvalue weighted by atomic mass is 9.81. The highest BCUT2D eigenvalue weighted by Gasteiger charge is 2.48. The van der Waals surface area contributed by atoms with Crippen LogP contribution >= 0.6 is 0 Å². The third-order valence-electron chi connectivity index (χ3n) is 7.06. The highest BCUT2D eigenvalue weighted by molar-refractivity contribution is 6.22. The van der Waals surface area contributed by atoms with Crippen LogP contribution in [0.1, 0.15) is 36.1 Å². The summed E-state index contributed by atoms with van der Waals surface area (Å²) in [5, 5.41) is 0. The SMILES string of the molecule is CCOC1C(=C2c3ccccc3-c3ccccc32)C(c2ccccc2)=N[C@@]1(C)c1ccccc1. The van der Waals surface area contributed by atoms with Crippen molar-refractivity contribution in [3.05, 3.63) is 137 Å². The Morgan fingerprint density at radius 3 is 1.74 bits per heavy atom. The van der Waals surface area contributed by atoms with Crippen molar-refractivity contribution in [3.63, 3.8) is 0 Å². The van der Waals surface area contributed by atoms with E-state index in [2.05, 4.69) is 123 Å². The van der Waals surface area contributed by atoms with Crippen LogP contribution in [0.2, 0.25) is 0 Å². The first-order chi connectivity index (χ1) is 16.7. The van der Waals surface area contributed by atoms with E-state index >= 15 is 0 Å². The molecule has 1 heterocycles. The van der Waals surface area contributed by atoms with E-state index in [1.54, 1.807) is 0 Å². The van der Waals surface area contributed by atoms with Gasteiger partial charge in [-0.2, -0.15) is 0 Å². The summed E-state index contributed by atoms with van der Waals surface area (Å²) >= 11 is 0. The minimum atomic E-state index is -0.531. The van der Waals surface area contributed by atoms with Crippen molar-refractivity contribution in [2.24, 2.45) is 4.99 Å². The number of hydrogen-bond acceptors (Lipinski definition) is 2. The standard InChI is InChI=1S/C32H27NO/c1-3-34-31-29(28-26-20-12-10-18-24(26)25-19-11-13-21-27(25)28)30(22-14-6-4-7-15-22)33-32(31,2)23-16-8-5-9-17-23/h4-21,31H,3H2,1-2H3/t31?,32-/m0/s1. The largest absolute Gasteiger partial charge is 0.371 e. The summed E-state index contributed by atoms with van der Waals surface area (Å²) in [6, 6.07) is 38.6. The van der Waals surface area contributed by atoms with Crippen LogP contribution in [0, 0.1) is 0 Å². The number of nitrogens with zero attached hydrogens (tertiary/aromatic N) is 1. The maximum atomic E-state index is 6.61. The summed E-state index contributed by atoms with van der Waals surface area (Å²) in [5.74, 6) is 0. The molecule has 2 aliphatic rings. The van der Waals surface area contributed by atoms with Crippen LogP contribution in [0.3, 0.4) is 0 Å². The molecule has 34 heavy (non-hydrogen) atoms. The minimum absolute atomic E-state index is 0.204. The third kappa shape index (κ3) is 3.10. The molecule has 2 nitrogen and oxygen atoms in total. The second kappa shape index (κ2) is 8.23. The monoisotopic (exact) mass is 441 g/mol. The van der Waals surface area contributed by atoms with Crippen molar-refractivity contribution >= 4 is 11.3 Å². The maximum Gasteiger partial charge on any atom is 0.114 e. The van der Waals surface area contributed by atoms with E-state index in [1.807, 2.05) is 0 Å². The van der Waals surface area contributed by atoms with Crippen LogP contribution < -0.4 is 0 Å². The summed E-state index contributed by atoms with van der Waals surface area (Å²) in [6.07, 6.45) is -0.204. The molecule has 1 aliphatic carbocycles. The molecule has 1 unspecified atom stereocenters. The van der Waals surface area contributed by atoms with E-state index in [1.165, 1.54) is 33.4 Å². The van der Waals surface area contributed by atoms with Crippen molar-refractivity contribution in [1.82, 2.24) is 0 Å². The first-order valence-electron chi connectivity index (χ1n) is 12.0.